The molecule has 0 aliphatic carbocycles. The summed E-state index contributed by atoms with van der Waals surface area (Å²) in [5, 5.41) is 6.74. The van der Waals surface area contributed by atoms with E-state index in [1.165, 1.54) is 12.8 Å². The summed E-state index contributed by atoms with van der Waals surface area (Å²) in [5.74, 6) is 0.680. The van der Waals surface area contributed by atoms with E-state index in [1.807, 2.05) is 0 Å². The molecule has 0 spiro atoms. The third-order valence-electron chi connectivity index (χ3n) is 3.50. The summed E-state index contributed by atoms with van der Waals surface area (Å²) in [6.45, 7) is 11.4. The number of aromatic nitrogens is 1. The van der Waals surface area contributed by atoms with Crippen LogP contribution < -0.4 is 10.2 Å². The Morgan fingerprint density at radius 1 is 1.55 bits per heavy atom. The van der Waals surface area contributed by atoms with Gasteiger partial charge >= 0.3 is 0 Å². The number of hydrogen-bond acceptors (Lipinski definition) is 5. The molecule has 1 aliphatic heterocycles. The van der Waals surface area contributed by atoms with Crippen LogP contribution in [-0.2, 0) is 11.3 Å². The SMILES string of the molecule is CCN(CC1CCCO1)c1nc(CNCC(C)C)cs1. The fraction of sp³-hybridized carbons (Fsp3) is 0.800. The lowest BCUT2D eigenvalue weighted by Gasteiger charge is -2.23. The predicted molar refractivity (Wildman–Crippen MR) is 85.5 cm³/mol. The molecule has 4 nitrogen and oxygen atoms in total. The highest BCUT2D eigenvalue weighted by atomic mass is 32.1. The van der Waals surface area contributed by atoms with Gasteiger partial charge in [0.25, 0.3) is 0 Å². The summed E-state index contributed by atoms with van der Waals surface area (Å²) in [6, 6.07) is 0. The molecule has 1 atom stereocenters. The lowest BCUT2D eigenvalue weighted by atomic mass is 10.2. The maximum atomic E-state index is 5.73. The average molecular weight is 297 g/mol. The van der Waals surface area contributed by atoms with E-state index in [9.17, 15) is 0 Å². The number of hydrogen-bond donors (Lipinski definition) is 1. The van der Waals surface area contributed by atoms with Crippen molar-refractivity contribution in [1.82, 2.24) is 10.3 Å². The van der Waals surface area contributed by atoms with Gasteiger partial charge in [0, 0.05) is 31.6 Å². The number of nitrogens with zero attached hydrogens (tertiary/aromatic N) is 2. The summed E-state index contributed by atoms with van der Waals surface area (Å²) in [5.41, 5.74) is 1.15. The number of thiazole rings is 1. The van der Waals surface area contributed by atoms with Gasteiger partial charge in [0.05, 0.1) is 11.8 Å². The number of ether oxygens (including phenoxy) is 1. The van der Waals surface area contributed by atoms with Crippen molar-refractivity contribution in [3.63, 3.8) is 0 Å². The maximum absolute atomic E-state index is 5.73. The molecule has 1 fully saturated rings. The van der Waals surface area contributed by atoms with E-state index in [4.69, 9.17) is 9.72 Å². The van der Waals surface area contributed by atoms with E-state index in [1.54, 1.807) is 11.3 Å². The summed E-state index contributed by atoms with van der Waals surface area (Å²) in [6.07, 6.45) is 2.77. The minimum absolute atomic E-state index is 0.390. The van der Waals surface area contributed by atoms with Crippen LogP contribution in [0.3, 0.4) is 0 Å². The predicted octanol–water partition coefficient (Wildman–Crippen LogP) is 2.89. The van der Waals surface area contributed by atoms with E-state index in [-0.39, 0.29) is 0 Å². The Bertz CT molecular complexity index is 388. The van der Waals surface area contributed by atoms with E-state index < -0.39 is 0 Å². The molecule has 1 saturated heterocycles. The van der Waals surface area contributed by atoms with Crippen LogP contribution in [0.2, 0.25) is 0 Å². The van der Waals surface area contributed by atoms with E-state index in [0.29, 0.717) is 12.0 Å². The zero-order valence-corrected chi connectivity index (χ0v) is 13.7. The van der Waals surface area contributed by atoms with Gasteiger partial charge in [-0.15, -0.1) is 11.3 Å². The van der Waals surface area contributed by atoms with Crippen molar-refractivity contribution >= 4 is 16.5 Å². The highest BCUT2D eigenvalue weighted by Crippen LogP contribution is 2.23. The largest absolute Gasteiger partial charge is 0.376 e. The molecule has 2 rings (SSSR count). The van der Waals surface area contributed by atoms with Gasteiger partial charge in [-0.3, -0.25) is 0 Å². The standard InChI is InChI=1S/C15H27N3OS/c1-4-18(10-14-6-5-7-19-14)15-17-13(11-20-15)9-16-8-12(2)3/h11-12,14,16H,4-10H2,1-3H3. The first-order valence-electron chi connectivity index (χ1n) is 7.70. The second-order valence-corrected chi connectivity index (χ2v) is 6.66. The van der Waals surface area contributed by atoms with Crippen LogP contribution in [0.5, 0.6) is 0 Å². The van der Waals surface area contributed by atoms with Crippen LogP contribution in [0, 0.1) is 5.92 Å². The lowest BCUT2D eigenvalue weighted by Crippen LogP contribution is -2.32. The van der Waals surface area contributed by atoms with Crippen LogP contribution >= 0.6 is 11.3 Å². The van der Waals surface area contributed by atoms with Crippen molar-refractivity contribution in [2.45, 2.75) is 46.3 Å². The molecule has 0 saturated carbocycles. The Hall–Kier alpha value is -0.650. The Labute approximate surface area is 126 Å². The second-order valence-electron chi connectivity index (χ2n) is 5.82. The van der Waals surface area contributed by atoms with Crippen LogP contribution in [0.1, 0.15) is 39.3 Å². The molecule has 0 bridgehead atoms. The van der Waals surface area contributed by atoms with Crippen molar-refractivity contribution in [1.29, 1.82) is 0 Å². The molecule has 20 heavy (non-hydrogen) atoms. The molecular weight excluding hydrogens is 270 g/mol. The normalized spacial score (nSPS) is 18.9. The van der Waals surface area contributed by atoms with Crippen molar-refractivity contribution in [2.24, 2.45) is 5.92 Å². The molecule has 1 aromatic heterocycles. The maximum Gasteiger partial charge on any atom is 0.185 e. The molecule has 0 amide bonds. The smallest absolute Gasteiger partial charge is 0.185 e. The Kier molecular flexibility index (Phi) is 6.26. The van der Waals surface area contributed by atoms with Crippen LogP contribution in [0.25, 0.3) is 0 Å². The summed E-state index contributed by atoms with van der Waals surface area (Å²) in [7, 11) is 0. The summed E-state index contributed by atoms with van der Waals surface area (Å²) < 4.78 is 5.73. The molecule has 0 radical (unpaired) electrons. The van der Waals surface area contributed by atoms with Gasteiger partial charge in [0.15, 0.2) is 5.13 Å². The first-order valence-corrected chi connectivity index (χ1v) is 8.58. The summed E-state index contributed by atoms with van der Waals surface area (Å²) in [4.78, 5) is 7.09. The summed E-state index contributed by atoms with van der Waals surface area (Å²) >= 11 is 1.74. The van der Waals surface area contributed by atoms with Crippen LogP contribution in [-0.4, -0.2) is 37.3 Å². The third kappa shape index (κ3) is 4.72. The first kappa shape index (κ1) is 15.7. The zero-order valence-electron chi connectivity index (χ0n) is 12.9. The quantitative estimate of drug-likeness (QED) is 0.800. The number of anilines is 1. The molecular formula is C15H27N3OS. The Balaban J connectivity index is 1.84. The van der Waals surface area contributed by atoms with E-state index >= 15 is 0 Å². The van der Waals surface area contributed by atoms with E-state index in [2.05, 4.69) is 36.4 Å². The van der Waals surface area contributed by atoms with Crippen molar-refractivity contribution in [2.75, 3.05) is 31.1 Å². The molecule has 1 unspecified atom stereocenters. The van der Waals surface area contributed by atoms with Crippen molar-refractivity contribution in [3.05, 3.63) is 11.1 Å². The van der Waals surface area contributed by atoms with Gasteiger partial charge in [-0.25, -0.2) is 4.98 Å². The van der Waals surface area contributed by atoms with Gasteiger partial charge < -0.3 is 15.0 Å². The monoisotopic (exact) mass is 297 g/mol. The molecule has 5 heteroatoms. The molecule has 0 aromatic carbocycles. The molecule has 1 aromatic rings. The topological polar surface area (TPSA) is 37.4 Å². The van der Waals surface area contributed by atoms with Crippen molar-refractivity contribution < 1.29 is 4.74 Å². The second kappa shape index (κ2) is 7.96. The Morgan fingerprint density at radius 2 is 2.40 bits per heavy atom. The average Bonchev–Trinajstić information content (AvgIpc) is 3.06. The Morgan fingerprint density at radius 3 is 3.05 bits per heavy atom. The fourth-order valence-corrected chi connectivity index (χ4v) is 3.29. The van der Waals surface area contributed by atoms with Gasteiger partial charge in [0.1, 0.15) is 0 Å². The molecule has 1 N–H and O–H groups in total. The number of nitrogens with one attached hydrogen (secondary N) is 1. The molecule has 1 aliphatic rings. The number of likely N-dealkylation sites (N-methyl/N-ethyl adjacent to an activating group) is 1. The van der Waals surface area contributed by atoms with Gasteiger partial charge in [-0.2, -0.15) is 0 Å². The molecule has 2 heterocycles. The van der Waals surface area contributed by atoms with Crippen LogP contribution in [0.4, 0.5) is 5.13 Å². The minimum atomic E-state index is 0.390. The fourth-order valence-electron chi connectivity index (χ4n) is 2.39. The van der Waals surface area contributed by atoms with Gasteiger partial charge in [0.2, 0.25) is 0 Å². The first-order chi connectivity index (χ1) is 9.69. The highest BCUT2D eigenvalue weighted by Gasteiger charge is 2.20. The highest BCUT2D eigenvalue weighted by molar-refractivity contribution is 7.13. The van der Waals surface area contributed by atoms with Crippen LogP contribution in [0.15, 0.2) is 5.38 Å². The van der Waals surface area contributed by atoms with Gasteiger partial charge in [-0.05, 0) is 32.2 Å². The van der Waals surface area contributed by atoms with Crippen molar-refractivity contribution in [3.8, 4) is 0 Å². The molecule has 114 valence electrons. The minimum Gasteiger partial charge on any atom is -0.376 e. The lowest BCUT2D eigenvalue weighted by molar-refractivity contribution is 0.115. The zero-order chi connectivity index (χ0) is 14.4. The van der Waals surface area contributed by atoms with E-state index in [0.717, 1.165) is 43.6 Å². The third-order valence-corrected chi connectivity index (χ3v) is 4.45. The van der Waals surface area contributed by atoms with Gasteiger partial charge in [-0.1, -0.05) is 13.8 Å². The number of rotatable bonds is 8.